The average Bonchev–Trinajstić information content (AvgIpc) is 2.67. The minimum Gasteiger partial charge on any atom is -0.497 e. The van der Waals surface area contributed by atoms with Crippen LogP contribution in [-0.4, -0.2) is 31.1 Å². The van der Waals surface area contributed by atoms with Gasteiger partial charge < -0.3 is 21.1 Å². The highest BCUT2D eigenvalue weighted by Gasteiger charge is 2.19. The third kappa shape index (κ3) is 4.28. The molecule has 3 rings (SSSR count). The van der Waals surface area contributed by atoms with Crippen LogP contribution in [0.1, 0.15) is 40.4 Å². The normalized spacial score (nSPS) is 14.9. The summed E-state index contributed by atoms with van der Waals surface area (Å²) in [4.78, 5) is 16.9. The third-order valence-electron chi connectivity index (χ3n) is 4.54. The van der Waals surface area contributed by atoms with E-state index in [2.05, 4.69) is 15.6 Å². The van der Waals surface area contributed by atoms with Gasteiger partial charge in [-0.05, 0) is 55.8 Å². The second kappa shape index (κ2) is 7.98. The topological polar surface area (TPSA) is 89.3 Å². The van der Waals surface area contributed by atoms with Gasteiger partial charge >= 0.3 is 0 Å². The zero-order valence-corrected chi connectivity index (χ0v) is 14.4. The second-order valence-electron chi connectivity index (χ2n) is 6.23. The van der Waals surface area contributed by atoms with Crippen LogP contribution in [0, 0.1) is 0 Å². The van der Waals surface area contributed by atoms with Crippen molar-refractivity contribution in [1.29, 1.82) is 0 Å². The van der Waals surface area contributed by atoms with E-state index in [0.717, 1.165) is 42.9 Å². The Labute approximate surface area is 147 Å². The fraction of sp³-hybridized carbons (Fsp3) is 0.368. The second-order valence-corrected chi connectivity index (χ2v) is 6.23. The van der Waals surface area contributed by atoms with E-state index in [-0.39, 0.29) is 5.91 Å². The lowest BCUT2D eigenvalue weighted by molar-refractivity contribution is 0.0951. The summed E-state index contributed by atoms with van der Waals surface area (Å²) < 4.78 is 5.19. The largest absolute Gasteiger partial charge is 0.497 e. The monoisotopic (exact) mass is 340 g/mol. The van der Waals surface area contributed by atoms with E-state index >= 15 is 0 Å². The van der Waals surface area contributed by atoms with Crippen LogP contribution in [0.2, 0.25) is 0 Å². The number of hydrogen-bond donors (Lipinski definition) is 3. The lowest BCUT2D eigenvalue weighted by atomic mass is 9.94. The van der Waals surface area contributed by atoms with Gasteiger partial charge in [0.15, 0.2) is 0 Å². The standard InChI is InChI=1S/C19H24N4O2/c1-25-15-4-2-3-13(11-15)12-22-19(24)16-5-6-17(23-18(16)20)14-7-9-21-10-8-14/h2-6,11,14,21H,7-10,12H2,1H3,(H2,20,23)(H,22,24). The third-order valence-corrected chi connectivity index (χ3v) is 4.54. The van der Waals surface area contributed by atoms with Gasteiger partial charge in [-0.15, -0.1) is 0 Å². The van der Waals surface area contributed by atoms with E-state index in [9.17, 15) is 4.79 Å². The van der Waals surface area contributed by atoms with Gasteiger partial charge in [-0.25, -0.2) is 4.98 Å². The number of ether oxygens (including phenoxy) is 1. The quantitative estimate of drug-likeness (QED) is 0.775. The minimum absolute atomic E-state index is 0.218. The molecule has 0 bridgehead atoms. The molecule has 0 unspecified atom stereocenters. The Morgan fingerprint density at radius 3 is 2.84 bits per heavy atom. The van der Waals surface area contributed by atoms with Gasteiger partial charge in [0.1, 0.15) is 11.6 Å². The number of methoxy groups -OCH3 is 1. The van der Waals surface area contributed by atoms with E-state index in [1.165, 1.54) is 0 Å². The van der Waals surface area contributed by atoms with Crippen molar-refractivity contribution in [3.63, 3.8) is 0 Å². The molecule has 132 valence electrons. The predicted molar refractivity (Wildman–Crippen MR) is 97.7 cm³/mol. The first kappa shape index (κ1) is 17.2. The molecular weight excluding hydrogens is 316 g/mol. The van der Waals surface area contributed by atoms with Gasteiger partial charge in [0.25, 0.3) is 5.91 Å². The lowest BCUT2D eigenvalue weighted by Crippen LogP contribution is -2.28. The van der Waals surface area contributed by atoms with Crippen molar-refractivity contribution in [1.82, 2.24) is 15.6 Å². The number of nitrogens with zero attached hydrogens (tertiary/aromatic N) is 1. The summed E-state index contributed by atoms with van der Waals surface area (Å²) in [6.45, 7) is 2.40. The molecule has 0 atom stereocenters. The average molecular weight is 340 g/mol. The molecule has 1 aromatic heterocycles. The van der Waals surface area contributed by atoms with E-state index in [4.69, 9.17) is 10.5 Å². The van der Waals surface area contributed by atoms with E-state index in [0.29, 0.717) is 23.8 Å². The molecule has 1 aromatic carbocycles. The number of rotatable bonds is 5. The molecule has 6 heteroatoms. The molecular formula is C19H24N4O2. The summed E-state index contributed by atoms with van der Waals surface area (Å²) in [5, 5.41) is 6.22. The number of pyridine rings is 1. The van der Waals surface area contributed by atoms with Gasteiger partial charge in [-0.3, -0.25) is 4.79 Å². The van der Waals surface area contributed by atoms with Crippen molar-refractivity contribution in [2.24, 2.45) is 0 Å². The summed E-state index contributed by atoms with van der Waals surface area (Å²) in [6.07, 6.45) is 2.10. The summed E-state index contributed by atoms with van der Waals surface area (Å²) in [5.74, 6) is 1.25. The number of nitrogens with one attached hydrogen (secondary N) is 2. The van der Waals surface area contributed by atoms with Crippen LogP contribution in [0.5, 0.6) is 5.75 Å². The van der Waals surface area contributed by atoms with Gasteiger partial charge in [-0.2, -0.15) is 0 Å². The van der Waals surface area contributed by atoms with Gasteiger partial charge in [0, 0.05) is 18.2 Å². The fourth-order valence-corrected chi connectivity index (χ4v) is 3.09. The Morgan fingerprint density at radius 2 is 2.12 bits per heavy atom. The molecule has 1 aliphatic heterocycles. The maximum Gasteiger partial charge on any atom is 0.255 e. The molecule has 25 heavy (non-hydrogen) atoms. The summed E-state index contributed by atoms with van der Waals surface area (Å²) in [6, 6.07) is 11.3. The number of carbonyl (C=O) groups is 1. The first-order chi connectivity index (χ1) is 12.2. The Morgan fingerprint density at radius 1 is 1.32 bits per heavy atom. The molecule has 0 radical (unpaired) electrons. The van der Waals surface area contributed by atoms with Crippen molar-refractivity contribution in [2.45, 2.75) is 25.3 Å². The zero-order valence-electron chi connectivity index (χ0n) is 14.4. The summed E-state index contributed by atoms with van der Waals surface area (Å²) in [7, 11) is 1.62. The Bertz CT molecular complexity index is 742. The first-order valence-corrected chi connectivity index (χ1v) is 8.55. The Kier molecular flexibility index (Phi) is 5.50. The molecule has 2 aromatic rings. The number of nitrogens with two attached hydrogens (primary N) is 1. The van der Waals surface area contributed by atoms with Crippen LogP contribution in [0.15, 0.2) is 36.4 Å². The molecule has 0 aliphatic carbocycles. The molecule has 0 spiro atoms. The summed E-state index contributed by atoms with van der Waals surface area (Å²) >= 11 is 0. The first-order valence-electron chi connectivity index (χ1n) is 8.55. The van der Waals surface area contributed by atoms with Crippen molar-refractivity contribution in [2.75, 3.05) is 25.9 Å². The number of amides is 1. The number of anilines is 1. The van der Waals surface area contributed by atoms with E-state index in [1.54, 1.807) is 13.2 Å². The summed E-state index contributed by atoms with van der Waals surface area (Å²) in [5.41, 5.74) is 8.39. The van der Waals surface area contributed by atoms with Crippen LogP contribution < -0.4 is 21.1 Å². The molecule has 0 saturated carbocycles. The van der Waals surface area contributed by atoms with Gasteiger partial charge in [0.2, 0.25) is 0 Å². The molecule has 1 amide bonds. The van der Waals surface area contributed by atoms with E-state index < -0.39 is 0 Å². The molecule has 1 fully saturated rings. The number of hydrogen-bond acceptors (Lipinski definition) is 5. The van der Waals surface area contributed by atoms with E-state index in [1.807, 2.05) is 30.3 Å². The fourth-order valence-electron chi connectivity index (χ4n) is 3.09. The smallest absolute Gasteiger partial charge is 0.255 e. The maximum atomic E-state index is 12.4. The Balaban J connectivity index is 1.65. The predicted octanol–water partition coefficient (Wildman–Crippen LogP) is 2.07. The van der Waals surface area contributed by atoms with Crippen LogP contribution in [0.3, 0.4) is 0 Å². The SMILES string of the molecule is COc1cccc(CNC(=O)c2ccc(C3CCNCC3)nc2N)c1. The molecule has 1 saturated heterocycles. The Hall–Kier alpha value is -2.60. The molecule has 4 N–H and O–H groups in total. The maximum absolute atomic E-state index is 12.4. The van der Waals surface area contributed by atoms with Crippen molar-refractivity contribution >= 4 is 11.7 Å². The number of carbonyl (C=O) groups excluding carboxylic acids is 1. The van der Waals surface area contributed by atoms with Gasteiger partial charge in [-0.1, -0.05) is 12.1 Å². The number of aromatic nitrogens is 1. The minimum atomic E-state index is -0.218. The highest BCUT2D eigenvalue weighted by Crippen LogP contribution is 2.25. The molecule has 2 heterocycles. The number of nitrogen functional groups attached to an aromatic ring is 1. The van der Waals surface area contributed by atoms with Gasteiger partial charge in [0.05, 0.1) is 12.7 Å². The van der Waals surface area contributed by atoms with Crippen molar-refractivity contribution in [3.8, 4) is 5.75 Å². The highest BCUT2D eigenvalue weighted by molar-refractivity contribution is 5.98. The molecule has 6 nitrogen and oxygen atoms in total. The van der Waals surface area contributed by atoms with Crippen LogP contribution in [0.25, 0.3) is 0 Å². The van der Waals surface area contributed by atoms with Crippen LogP contribution in [0.4, 0.5) is 5.82 Å². The number of piperidine rings is 1. The van der Waals surface area contributed by atoms with Crippen LogP contribution in [-0.2, 0) is 6.54 Å². The number of benzene rings is 1. The highest BCUT2D eigenvalue weighted by atomic mass is 16.5. The zero-order chi connectivity index (χ0) is 17.6. The van der Waals surface area contributed by atoms with Crippen molar-refractivity contribution in [3.05, 3.63) is 53.2 Å². The van der Waals surface area contributed by atoms with Crippen molar-refractivity contribution < 1.29 is 9.53 Å². The lowest BCUT2D eigenvalue weighted by Gasteiger charge is -2.22. The molecule has 1 aliphatic rings. The van der Waals surface area contributed by atoms with Crippen LogP contribution >= 0.6 is 0 Å².